The van der Waals surface area contributed by atoms with Crippen LogP contribution in [0.5, 0.6) is 0 Å². The first-order valence-corrected chi connectivity index (χ1v) is 21.4. The van der Waals surface area contributed by atoms with E-state index in [1.165, 1.54) is 43.9 Å². The molecule has 0 spiro atoms. The van der Waals surface area contributed by atoms with Crippen molar-refractivity contribution in [1.29, 1.82) is 0 Å². The van der Waals surface area contributed by atoms with Gasteiger partial charge in [-0.3, -0.25) is 4.79 Å². The van der Waals surface area contributed by atoms with E-state index >= 15 is 0 Å². The van der Waals surface area contributed by atoms with Gasteiger partial charge in [0.2, 0.25) is 0 Å². The molecule has 1 aliphatic rings. The molecule has 1 amide bonds. The van der Waals surface area contributed by atoms with Crippen LogP contribution in [0, 0.1) is 71.5 Å². The van der Waals surface area contributed by atoms with Gasteiger partial charge in [-0.15, -0.1) is 6.42 Å². The fourth-order valence-electron chi connectivity index (χ4n) is 6.11. The highest BCUT2D eigenvalue weighted by Crippen LogP contribution is 2.44. The van der Waals surface area contributed by atoms with Crippen molar-refractivity contribution in [2.45, 2.75) is 116 Å². The quantitative estimate of drug-likeness (QED) is 0.0440. The summed E-state index contributed by atoms with van der Waals surface area (Å²) in [4.78, 5) is 51.9. The van der Waals surface area contributed by atoms with E-state index in [9.17, 15) is 19.2 Å². The Morgan fingerprint density at radius 2 is 1.28 bits per heavy atom. The lowest BCUT2D eigenvalue weighted by Crippen LogP contribution is -2.46. The van der Waals surface area contributed by atoms with Crippen molar-refractivity contribution in [3.05, 3.63) is 59.7 Å². The van der Waals surface area contributed by atoms with E-state index < -0.39 is 41.7 Å². The van der Waals surface area contributed by atoms with Gasteiger partial charge in [0.05, 0.1) is 0 Å². The van der Waals surface area contributed by atoms with Gasteiger partial charge in [0, 0.05) is 29.8 Å². The van der Waals surface area contributed by atoms with Crippen LogP contribution in [-0.4, -0.2) is 66.5 Å². The Morgan fingerprint density at radius 3 is 1.87 bits per heavy atom. The molecule has 0 bridgehead atoms. The van der Waals surface area contributed by atoms with Crippen LogP contribution in [0.2, 0.25) is 0 Å². The summed E-state index contributed by atoms with van der Waals surface area (Å²) in [5.74, 6) is 24.2. The summed E-state index contributed by atoms with van der Waals surface area (Å²) in [6.07, 6.45) is 13.6. The maximum absolute atomic E-state index is 13.3. The molecule has 2 aromatic carbocycles. The molecule has 0 heterocycles. The van der Waals surface area contributed by atoms with Gasteiger partial charge >= 0.3 is 24.0 Å². The summed E-state index contributed by atoms with van der Waals surface area (Å²) in [5.41, 5.74) is 3.46. The Morgan fingerprint density at radius 1 is 0.733 bits per heavy atom. The van der Waals surface area contributed by atoms with E-state index in [0.717, 1.165) is 41.5 Å². The number of thioether (sulfide) groups is 1. The molecule has 312 valence electrons. The van der Waals surface area contributed by atoms with E-state index in [2.05, 4.69) is 77.4 Å². The Labute approximate surface area is 360 Å². The maximum atomic E-state index is 13.3. The van der Waals surface area contributed by atoms with Crippen LogP contribution in [0.15, 0.2) is 48.5 Å². The molecule has 0 radical (unpaired) electrons. The number of amides is 1. The highest BCUT2D eigenvalue weighted by molar-refractivity contribution is 7.99. The second-order valence-electron chi connectivity index (χ2n) is 14.8. The fraction of sp³-hybridized carbons (Fsp3) is 0.440. The number of esters is 3. The average molecular weight is 828 g/mol. The van der Waals surface area contributed by atoms with E-state index in [0.29, 0.717) is 6.42 Å². The van der Waals surface area contributed by atoms with Gasteiger partial charge in [-0.25, -0.2) is 14.4 Å². The monoisotopic (exact) mass is 827 g/mol. The zero-order valence-electron chi connectivity index (χ0n) is 35.0. The third-order valence-corrected chi connectivity index (χ3v) is 10.0. The topological polar surface area (TPSA) is 117 Å². The lowest BCUT2D eigenvalue weighted by Gasteiger charge is -2.25. The lowest BCUT2D eigenvalue weighted by atomic mass is 9.98. The maximum Gasteiger partial charge on any atom is 0.407 e. The Kier molecular flexibility index (Phi) is 22.1. The first kappa shape index (κ1) is 48.2. The van der Waals surface area contributed by atoms with Gasteiger partial charge in [0.1, 0.15) is 31.0 Å². The molecule has 9 nitrogen and oxygen atoms in total. The predicted octanol–water partition coefficient (Wildman–Crippen LogP) is 7.99. The number of unbranched alkanes of at least 4 members (excludes halogenated alkanes) is 8. The molecule has 3 rings (SSSR count). The summed E-state index contributed by atoms with van der Waals surface area (Å²) in [6, 6.07) is 14.9. The number of hydrogen-bond donors (Lipinski definition) is 1. The average Bonchev–Trinajstić information content (AvgIpc) is 3.54. The molecule has 0 unspecified atom stereocenters. The number of carbonyl (C=O) groups is 4. The normalized spacial score (nSPS) is 11.7. The lowest BCUT2D eigenvalue weighted by molar-refractivity contribution is -0.156. The summed E-state index contributed by atoms with van der Waals surface area (Å²) in [7, 11) is 0. The standard InChI is InChI=1S/C50H53NO8S/c1-6-8-10-12-14-16-18-20-22-24-34-47(53)58-39(35-56-46(52)33-23-21-19-17-15-13-11-9-7-2)37-60-38-45(48(54)59-50(3,4)5)51-49(55)57-36-44-42-31-27-25-29-40(42)41-30-26-28-32-43(41)44/h1,25-32,39,44-45H,7,9,11,13,15,17,19,21,23,33,35-38H2,2-5H3,(H,51,55)/t39-,45+/m1/s1. The smallest absolute Gasteiger partial charge is 0.407 e. The number of nitrogens with one attached hydrogen (secondary N) is 1. The minimum absolute atomic E-state index is 0.0343. The van der Waals surface area contributed by atoms with Crippen LogP contribution in [0.4, 0.5) is 4.79 Å². The van der Waals surface area contributed by atoms with Crippen LogP contribution < -0.4 is 5.32 Å². The second-order valence-corrected chi connectivity index (χ2v) is 15.9. The van der Waals surface area contributed by atoms with Crippen molar-refractivity contribution >= 4 is 35.8 Å². The van der Waals surface area contributed by atoms with Crippen molar-refractivity contribution < 1.29 is 38.1 Å². The Balaban J connectivity index is 1.62. The molecule has 60 heavy (non-hydrogen) atoms. The highest BCUT2D eigenvalue weighted by atomic mass is 32.2. The molecule has 0 fully saturated rings. The van der Waals surface area contributed by atoms with E-state index in [1.54, 1.807) is 20.8 Å². The second kappa shape index (κ2) is 27.5. The Hall–Kier alpha value is -6.17. The molecule has 1 N–H and O–H groups in total. The number of alkyl carbamates (subject to hydrolysis) is 1. The van der Waals surface area contributed by atoms with Crippen LogP contribution >= 0.6 is 11.8 Å². The van der Waals surface area contributed by atoms with Gasteiger partial charge in [0.15, 0.2) is 0 Å². The van der Waals surface area contributed by atoms with Gasteiger partial charge < -0.3 is 24.3 Å². The zero-order valence-corrected chi connectivity index (χ0v) is 35.8. The number of hydrogen-bond acceptors (Lipinski definition) is 9. The third kappa shape index (κ3) is 19.1. The molecule has 2 aromatic rings. The van der Waals surface area contributed by atoms with Crippen molar-refractivity contribution in [3.8, 4) is 82.7 Å². The minimum Gasteiger partial charge on any atom is -0.462 e. The largest absolute Gasteiger partial charge is 0.462 e. The summed E-state index contributed by atoms with van der Waals surface area (Å²) < 4.78 is 22.4. The van der Waals surface area contributed by atoms with Crippen molar-refractivity contribution in [2.24, 2.45) is 0 Å². The van der Waals surface area contributed by atoms with Crippen molar-refractivity contribution in [2.75, 3.05) is 24.7 Å². The highest BCUT2D eigenvalue weighted by Gasteiger charge is 2.31. The molecule has 0 saturated heterocycles. The molecule has 0 aromatic heterocycles. The van der Waals surface area contributed by atoms with Crippen molar-refractivity contribution in [3.63, 3.8) is 0 Å². The first-order valence-electron chi connectivity index (χ1n) is 20.3. The number of terminal acetylenes is 1. The molecular formula is C50H53NO8S. The number of rotatable bonds is 21. The van der Waals surface area contributed by atoms with Crippen LogP contribution in [0.1, 0.15) is 109 Å². The van der Waals surface area contributed by atoms with E-state index in [4.69, 9.17) is 25.4 Å². The van der Waals surface area contributed by atoms with Crippen LogP contribution in [-0.2, 0) is 33.3 Å². The van der Waals surface area contributed by atoms with Crippen molar-refractivity contribution in [1.82, 2.24) is 5.32 Å². The van der Waals surface area contributed by atoms with Gasteiger partial charge in [-0.1, -0.05) is 107 Å². The fourth-order valence-corrected chi connectivity index (χ4v) is 7.13. The zero-order chi connectivity index (χ0) is 43.4. The molecule has 1 aliphatic carbocycles. The van der Waals surface area contributed by atoms with Crippen LogP contribution in [0.3, 0.4) is 0 Å². The minimum atomic E-state index is -1.11. The van der Waals surface area contributed by atoms with Gasteiger partial charge in [-0.05, 0) is 109 Å². The van der Waals surface area contributed by atoms with Gasteiger partial charge in [0.25, 0.3) is 0 Å². The molecule has 10 heteroatoms. The summed E-state index contributed by atoms with van der Waals surface area (Å²) in [6.45, 7) is 7.21. The SMILES string of the molecule is C#CC#CC#CC#CC#CC#CC(=O)O[C@H](COC(=O)CCCCCCCCCCC)CSC[C@H](NC(=O)OCC1c2ccccc2-c2ccccc21)C(=O)OC(C)(C)C. The third-order valence-electron chi connectivity index (χ3n) is 8.84. The van der Waals surface area contributed by atoms with Crippen LogP contribution in [0.25, 0.3) is 11.1 Å². The van der Waals surface area contributed by atoms with Gasteiger partial charge in [-0.2, -0.15) is 11.8 Å². The number of carbonyl (C=O) groups excluding carboxylic acids is 4. The molecule has 0 saturated carbocycles. The molecular weight excluding hydrogens is 775 g/mol. The number of fused-ring (bicyclic) bond motifs is 3. The summed E-state index contributed by atoms with van der Waals surface area (Å²) in [5, 5.41) is 2.67. The number of ether oxygens (including phenoxy) is 4. The predicted molar refractivity (Wildman–Crippen MR) is 236 cm³/mol. The number of benzene rings is 2. The van der Waals surface area contributed by atoms with E-state index in [-0.39, 0.29) is 37.1 Å². The summed E-state index contributed by atoms with van der Waals surface area (Å²) >= 11 is 1.20. The molecule has 2 atom stereocenters. The first-order chi connectivity index (χ1) is 29.0. The molecule has 0 aliphatic heterocycles. The Bertz CT molecular complexity index is 2090. The van der Waals surface area contributed by atoms with E-state index in [1.807, 2.05) is 48.5 Å².